The van der Waals surface area contributed by atoms with E-state index in [-0.39, 0.29) is 23.8 Å². The molecule has 188 valence electrons. The smallest absolute Gasteiger partial charge is 0.315 e. The van der Waals surface area contributed by atoms with Crippen molar-refractivity contribution in [3.63, 3.8) is 0 Å². The van der Waals surface area contributed by atoms with Crippen molar-refractivity contribution in [1.82, 2.24) is 20.9 Å². The molecule has 1 heterocycles. The lowest BCUT2D eigenvalue weighted by Gasteiger charge is -2.37. The molecule has 1 fully saturated rings. The zero-order chi connectivity index (χ0) is 24.3. The predicted octanol–water partition coefficient (Wildman–Crippen LogP) is 3.18. The first-order chi connectivity index (χ1) is 16.4. The number of hydrogen-bond acceptors (Lipinski definition) is 4. The number of allylic oxidation sites excluding steroid dienone is 1. The Kier molecular flexibility index (Phi) is 10.4. The van der Waals surface area contributed by atoms with Crippen LogP contribution in [0, 0.1) is 23.7 Å². The normalized spacial score (nSPS) is 23.3. The van der Waals surface area contributed by atoms with E-state index < -0.39 is 0 Å². The van der Waals surface area contributed by atoms with Crippen molar-refractivity contribution >= 4 is 11.9 Å². The third-order valence-electron chi connectivity index (χ3n) is 7.16. The molecular formula is C27H42N4O3. The predicted molar refractivity (Wildman–Crippen MR) is 135 cm³/mol. The first-order valence-corrected chi connectivity index (χ1v) is 12.7. The molecule has 0 spiro atoms. The summed E-state index contributed by atoms with van der Waals surface area (Å²) < 4.78 is 5.38. The second-order valence-corrected chi connectivity index (χ2v) is 9.97. The third kappa shape index (κ3) is 8.44. The largest absolute Gasteiger partial charge is 0.379 e. The van der Waals surface area contributed by atoms with Gasteiger partial charge in [-0.15, -0.1) is 0 Å². The molecule has 0 radical (unpaired) electrons. The van der Waals surface area contributed by atoms with Crippen LogP contribution in [-0.2, 0) is 16.1 Å². The summed E-state index contributed by atoms with van der Waals surface area (Å²) >= 11 is 0. The van der Waals surface area contributed by atoms with Crippen molar-refractivity contribution < 1.29 is 14.3 Å². The SMILES string of the molecule is CC1=CC(CNC(=O)NCc2ccccc2)C(C(C)C)CC1CC(=O)NCCN1CCOCC1. The van der Waals surface area contributed by atoms with Gasteiger partial charge < -0.3 is 20.7 Å². The Bertz CT molecular complexity index is 805. The van der Waals surface area contributed by atoms with E-state index in [0.29, 0.717) is 37.9 Å². The van der Waals surface area contributed by atoms with Gasteiger partial charge in [-0.25, -0.2) is 4.79 Å². The molecule has 0 aromatic heterocycles. The number of urea groups is 1. The molecule has 3 unspecified atom stereocenters. The van der Waals surface area contributed by atoms with Crippen LogP contribution in [-0.4, -0.2) is 62.8 Å². The molecule has 1 saturated heterocycles. The number of amides is 3. The summed E-state index contributed by atoms with van der Waals surface area (Å²) in [6.07, 6.45) is 3.80. The maximum absolute atomic E-state index is 12.6. The highest BCUT2D eigenvalue weighted by molar-refractivity contribution is 5.76. The highest BCUT2D eigenvalue weighted by Gasteiger charge is 2.32. The number of nitrogens with one attached hydrogen (secondary N) is 3. The first-order valence-electron chi connectivity index (χ1n) is 12.7. The van der Waals surface area contributed by atoms with Gasteiger partial charge in [-0.2, -0.15) is 0 Å². The van der Waals surface area contributed by atoms with Gasteiger partial charge in [0.25, 0.3) is 0 Å². The van der Waals surface area contributed by atoms with E-state index in [4.69, 9.17) is 4.74 Å². The van der Waals surface area contributed by atoms with Crippen molar-refractivity contribution in [2.45, 2.75) is 40.2 Å². The number of benzene rings is 1. The summed E-state index contributed by atoms with van der Waals surface area (Å²) in [5.74, 6) is 1.59. The summed E-state index contributed by atoms with van der Waals surface area (Å²) in [4.78, 5) is 27.3. The number of hydrogen-bond donors (Lipinski definition) is 3. The topological polar surface area (TPSA) is 82.7 Å². The Hall–Kier alpha value is -2.38. The molecular weight excluding hydrogens is 428 g/mol. The molecule has 3 N–H and O–H groups in total. The highest BCUT2D eigenvalue weighted by Crippen LogP contribution is 2.38. The van der Waals surface area contributed by atoms with Gasteiger partial charge in [0, 0.05) is 45.7 Å². The molecule has 0 saturated carbocycles. The van der Waals surface area contributed by atoms with Crippen molar-refractivity contribution in [2.75, 3.05) is 45.9 Å². The number of carbonyl (C=O) groups excluding carboxylic acids is 2. The van der Waals surface area contributed by atoms with Crippen LogP contribution in [0.15, 0.2) is 42.0 Å². The van der Waals surface area contributed by atoms with E-state index in [9.17, 15) is 9.59 Å². The van der Waals surface area contributed by atoms with E-state index in [0.717, 1.165) is 44.8 Å². The Balaban J connectivity index is 1.44. The van der Waals surface area contributed by atoms with Crippen LogP contribution in [0.25, 0.3) is 0 Å². The highest BCUT2D eigenvalue weighted by atomic mass is 16.5. The van der Waals surface area contributed by atoms with E-state index >= 15 is 0 Å². The minimum absolute atomic E-state index is 0.130. The minimum Gasteiger partial charge on any atom is -0.379 e. The monoisotopic (exact) mass is 470 g/mol. The molecule has 0 bridgehead atoms. The third-order valence-corrected chi connectivity index (χ3v) is 7.16. The Morgan fingerprint density at radius 1 is 1.09 bits per heavy atom. The van der Waals surface area contributed by atoms with E-state index in [2.05, 4.69) is 47.7 Å². The van der Waals surface area contributed by atoms with Crippen LogP contribution in [0.5, 0.6) is 0 Å². The molecule has 1 aromatic carbocycles. The minimum atomic E-state index is -0.140. The van der Waals surface area contributed by atoms with Crippen molar-refractivity contribution in [2.24, 2.45) is 23.7 Å². The zero-order valence-corrected chi connectivity index (χ0v) is 21.0. The number of ether oxygens (including phenoxy) is 1. The second-order valence-electron chi connectivity index (χ2n) is 9.97. The van der Waals surface area contributed by atoms with Gasteiger partial charge in [0.15, 0.2) is 0 Å². The van der Waals surface area contributed by atoms with Crippen LogP contribution < -0.4 is 16.0 Å². The van der Waals surface area contributed by atoms with Gasteiger partial charge in [0.2, 0.25) is 5.91 Å². The number of rotatable bonds is 10. The molecule has 3 rings (SSSR count). The summed E-state index contributed by atoms with van der Waals surface area (Å²) in [7, 11) is 0. The number of carbonyl (C=O) groups is 2. The molecule has 3 atom stereocenters. The summed E-state index contributed by atoms with van der Waals surface area (Å²) in [6.45, 7) is 12.7. The molecule has 3 amide bonds. The van der Waals surface area contributed by atoms with Gasteiger partial charge >= 0.3 is 6.03 Å². The van der Waals surface area contributed by atoms with E-state index in [1.54, 1.807) is 0 Å². The van der Waals surface area contributed by atoms with Crippen LogP contribution in [0.2, 0.25) is 0 Å². The fraction of sp³-hybridized carbons (Fsp3) is 0.630. The fourth-order valence-corrected chi connectivity index (χ4v) is 5.03. The van der Waals surface area contributed by atoms with Crippen LogP contribution in [0.4, 0.5) is 4.79 Å². The standard InChI is InChI=1S/C27H42N4O3/c1-20(2)25-16-23(17-26(32)28-9-10-31-11-13-34-14-12-31)21(3)15-24(25)19-30-27(33)29-18-22-7-5-4-6-8-22/h4-8,15,20,23-25H,9-14,16-19H2,1-3H3,(H,28,32)(H2,29,30,33). The van der Waals surface area contributed by atoms with Crippen molar-refractivity contribution in [3.8, 4) is 0 Å². The van der Waals surface area contributed by atoms with Crippen LogP contribution in [0.3, 0.4) is 0 Å². The molecule has 1 aliphatic heterocycles. The van der Waals surface area contributed by atoms with Crippen LogP contribution in [0.1, 0.15) is 39.2 Å². The van der Waals surface area contributed by atoms with Crippen LogP contribution >= 0.6 is 0 Å². The maximum atomic E-state index is 12.6. The molecule has 34 heavy (non-hydrogen) atoms. The zero-order valence-electron chi connectivity index (χ0n) is 21.0. The fourth-order valence-electron chi connectivity index (χ4n) is 5.03. The average molecular weight is 471 g/mol. The van der Waals surface area contributed by atoms with E-state index in [1.807, 2.05) is 30.3 Å². The van der Waals surface area contributed by atoms with Gasteiger partial charge in [-0.05, 0) is 42.6 Å². The van der Waals surface area contributed by atoms with E-state index in [1.165, 1.54) is 5.57 Å². The number of morpholine rings is 1. The lowest BCUT2D eigenvalue weighted by atomic mass is 9.70. The lowest BCUT2D eigenvalue weighted by Crippen LogP contribution is -2.42. The van der Waals surface area contributed by atoms with Crippen molar-refractivity contribution in [1.29, 1.82) is 0 Å². The summed E-state index contributed by atoms with van der Waals surface area (Å²) in [6, 6.07) is 9.77. The molecule has 1 aromatic rings. The summed E-state index contributed by atoms with van der Waals surface area (Å²) in [5.41, 5.74) is 2.34. The summed E-state index contributed by atoms with van der Waals surface area (Å²) in [5, 5.41) is 9.10. The first kappa shape index (κ1) is 26.2. The van der Waals surface area contributed by atoms with Gasteiger partial charge in [0.05, 0.1) is 13.2 Å². The Morgan fingerprint density at radius 2 is 1.82 bits per heavy atom. The molecule has 1 aliphatic carbocycles. The quantitative estimate of drug-likeness (QED) is 0.459. The van der Waals surface area contributed by atoms with Gasteiger partial charge in [-0.1, -0.05) is 55.8 Å². The molecule has 7 heteroatoms. The van der Waals surface area contributed by atoms with Gasteiger partial charge in [0.1, 0.15) is 0 Å². The Labute approximate surface area is 204 Å². The molecule has 7 nitrogen and oxygen atoms in total. The maximum Gasteiger partial charge on any atom is 0.315 e. The van der Waals surface area contributed by atoms with Gasteiger partial charge in [-0.3, -0.25) is 9.69 Å². The van der Waals surface area contributed by atoms with Crippen molar-refractivity contribution in [3.05, 3.63) is 47.5 Å². The number of nitrogens with zero attached hydrogens (tertiary/aromatic N) is 1. The Morgan fingerprint density at radius 3 is 2.53 bits per heavy atom. The second kappa shape index (κ2) is 13.5. The average Bonchev–Trinajstić information content (AvgIpc) is 2.84. The molecule has 2 aliphatic rings. The lowest BCUT2D eigenvalue weighted by molar-refractivity contribution is -0.122.